The normalized spacial score (nSPS) is 10.7. The first-order chi connectivity index (χ1) is 15.0. The van der Waals surface area contributed by atoms with Crippen LogP contribution in [0.1, 0.15) is 21.6 Å². The lowest BCUT2D eigenvalue weighted by Crippen LogP contribution is -2.09. The van der Waals surface area contributed by atoms with Gasteiger partial charge < -0.3 is 19.5 Å². The highest BCUT2D eigenvalue weighted by molar-refractivity contribution is 7.17. The molecule has 2 heterocycles. The summed E-state index contributed by atoms with van der Waals surface area (Å²) < 4.78 is 16.9. The van der Waals surface area contributed by atoms with Crippen LogP contribution in [0.2, 0.25) is 0 Å². The molecule has 1 N–H and O–H groups in total. The zero-order valence-corrected chi connectivity index (χ0v) is 18.4. The molecule has 7 nitrogen and oxygen atoms in total. The Morgan fingerprint density at radius 3 is 2.32 bits per heavy atom. The van der Waals surface area contributed by atoms with Crippen LogP contribution < -0.4 is 19.5 Å². The minimum atomic E-state index is -0.262. The van der Waals surface area contributed by atoms with Gasteiger partial charge in [0, 0.05) is 11.3 Å². The monoisotopic (exact) mass is 435 g/mol. The lowest BCUT2D eigenvalue weighted by atomic mass is 10.1. The number of thiophene rings is 1. The van der Waals surface area contributed by atoms with Crippen LogP contribution in [0, 0.1) is 6.92 Å². The smallest absolute Gasteiger partial charge is 0.228 e. The van der Waals surface area contributed by atoms with Crippen molar-refractivity contribution < 1.29 is 19.0 Å². The number of para-hydroxylation sites is 1. The molecule has 4 rings (SSSR count). The maximum atomic E-state index is 13.5. The molecule has 4 aromatic rings. The fourth-order valence-electron chi connectivity index (χ4n) is 3.26. The molecule has 0 aliphatic carbocycles. The first kappa shape index (κ1) is 20.6. The van der Waals surface area contributed by atoms with Crippen molar-refractivity contribution in [1.82, 2.24) is 9.97 Å². The zero-order valence-electron chi connectivity index (χ0n) is 17.6. The summed E-state index contributed by atoms with van der Waals surface area (Å²) in [5.41, 5.74) is 3.32. The Balaban J connectivity index is 1.81. The van der Waals surface area contributed by atoms with E-state index >= 15 is 0 Å². The van der Waals surface area contributed by atoms with Crippen LogP contribution >= 0.6 is 11.3 Å². The number of carbonyl (C=O) groups is 1. The second-order valence-corrected chi connectivity index (χ2v) is 7.63. The average Bonchev–Trinajstić information content (AvgIpc) is 3.27. The molecule has 2 aromatic heterocycles. The molecule has 0 aliphatic heterocycles. The molecule has 0 radical (unpaired) electrons. The average molecular weight is 436 g/mol. The van der Waals surface area contributed by atoms with Gasteiger partial charge in [0.1, 0.15) is 5.69 Å². The molecule has 0 spiro atoms. The predicted molar refractivity (Wildman–Crippen MR) is 121 cm³/mol. The largest absolute Gasteiger partial charge is 0.493 e. The highest BCUT2D eigenvalue weighted by Crippen LogP contribution is 2.39. The summed E-state index contributed by atoms with van der Waals surface area (Å²) in [6.45, 7) is 1.99. The van der Waals surface area contributed by atoms with Gasteiger partial charge in [-0.25, -0.2) is 9.97 Å². The van der Waals surface area contributed by atoms with Gasteiger partial charge in [-0.3, -0.25) is 4.79 Å². The van der Waals surface area contributed by atoms with Crippen molar-refractivity contribution in [2.75, 3.05) is 26.6 Å². The molecule has 8 heteroatoms. The molecule has 2 aromatic carbocycles. The van der Waals surface area contributed by atoms with E-state index in [0.717, 1.165) is 11.3 Å². The predicted octanol–water partition coefficient (Wildman–Crippen LogP) is 5.00. The summed E-state index contributed by atoms with van der Waals surface area (Å²) in [6.07, 6.45) is 0. The minimum Gasteiger partial charge on any atom is -0.493 e. The van der Waals surface area contributed by atoms with Gasteiger partial charge in [0.05, 0.1) is 31.5 Å². The molecule has 0 amide bonds. The topological polar surface area (TPSA) is 82.6 Å². The number of ether oxygens (including phenoxy) is 3. The van der Waals surface area contributed by atoms with Crippen molar-refractivity contribution in [2.45, 2.75) is 6.92 Å². The number of hydrogen-bond acceptors (Lipinski definition) is 8. The minimum absolute atomic E-state index is 0.262. The number of rotatable bonds is 7. The van der Waals surface area contributed by atoms with Crippen LogP contribution in [0.25, 0.3) is 10.2 Å². The van der Waals surface area contributed by atoms with E-state index in [1.54, 1.807) is 12.1 Å². The SMILES string of the molecule is COc1cc(C(=O)c2nc(Nc3ccccc3C)nc3ccsc23)cc(OC)c1OC. The van der Waals surface area contributed by atoms with E-state index in [4.69, 9.17) is 14.2 Å². The molecular formula is C23H21N3O4S. The Bertz CT molecular complexity index is 1240. The van der Waals surface area contributed by atoms with Crippen molar-refractivity contribution in [2.24, 2.45) is 0 Å². The van der Waals surface area contributed by atoms with Crippen molar-refractivity contribution in [3.05, 3.63) is 64.7 Å². The molecule has 0 saturated heterocycles. The summed E-state index contributed by atoms with van der Waals surface area (Å²) in [4.78, 5) is 22.6. The third-order valence-electron chi connectivity index (χ3n) is 4.84. The maximum absolute atomic E-state index is 13.5. The van der Waals surface area contributed by atoms with Crippen LogP contribution in [0.15, 0.2) is 47.8 Å². The van der Waals surface area contributed by atoms with Gasteiger partial charge in [-0.05, 0) is 42.1 Å². The fraction of sp³-hybridized carbons (Fsp3) is 0.174. The van der Waals surface area contributed by atoms with E-state index < -0.39 is 0 Å². The Morgan fingerprint density at radius 2 is 1.68 bits per heavy atom. The molecule has 0 aliphatic rings. The van der Waals surface area contributed by atoms with Gasteiger partial charge in [-0.1, -0.05) is 18.2 Å². The van der Waals surface area contributed by atoms with Crippen LogP contribution in [0.3, 0.4) is 0 Å². The van der Waals surface area contributed by atoms with Crippen molar-refractivity contribution in [3.63, 3.8) is 0 Å². The number of hydrogen-bond donors (Lipinski definition) is 1. The summed E-state index contributed by atoms with van der Waals surface area (Å²) in [5.74, 6) is 1.32. The molecular weight excluding hydrogens is 414 g/mol. The quantitative estimate of drug-likeness (QED) is 0.409. The molecule has 158 valence electrons. The van der Waals surface area contributed by atoms with E-state index in [1.807, 2.05) is 42.6 Å². The van der Waals surface area contributed by atoms with E-state index in [1.165, 1.54) is 32.7 Å². The van der Waals surface area contributed by atoms with E-state index in [-0.39, 0.29) is 5.78 Å². The van der Waals surface area contributed by atoms with Gasteiger partial charge in [-0.15, -0.1) is 11.3 Å². The number of aromatic nitrogens is 2. The molecule has 0 atom stereocenters. The summed E-state index contributed by atoms with van der Waals surface area (Å²) in [5, 5.41) is 5.12. The number of ketones is 1. The van der Waals surface area contributed by atoms with Gasteiger partial charge in [-0.2, -0.15) is 0 Å². The highest BCUT2D eigenvalue weighted by Gasteiger charge is 2.22. The number of fused-ring (bicyclic) bond motifs is 1. The third kappa shape index (κ3) is 3.89. The molecule has 0 unspecified atom stereocenters. The van der Waals surface area contributed by atoms with Crippen LogP contribution in [-0.4, -0.2) is 37.1 Å². The molecule has 31 heavy (non-hydrogen) atoms. The zero-order chi connectivity index (χ0) is 22.0. The van der Waals surface area contributed by atoms with Crippen LogP contribution in [0.4, 0.5) is 11.6 Å². The number of aryl methyl sites for hydroxylation is 1. The lowest BCUT2D eigenvalue weighted by Gasteiger charge is -2.14. The van der Waals surface area contributed by atoms with Gasteiger partial charge in [0.25, 0.3) is 0 Å². The Morgan fingerprint density at radius 1 is 0.968 bits per heavy atom. The Kier molecular flexibility index (Phi) is 5.73. The van der Waals surface area contributed by atoms with Gasteiger partial charge >= 0.3 is 0 Å². The maximum Gasteiger partial charge on any atom is 0.228 e. The van der Waals surface area contributed by atoms with Crippen molar-refractivity contribution in [3.8, 4) is 17.2 Å². The van der Waals surface area contributed by atoms with Gasteiger partial charge in [0.15, 0.2) is 11.5 Å². The van der Waals surface area contributed by atoms with Crippen molar-refractivity contribution >= 4 is 39.0 Å². The standard InChI is InChI=1S/C23H21N3O4S/c1-13-7-5-6-8-15(13)24-23-25-16-9-10-31-22(16)19(26-23)20(27)14-11-17(28-2)21(30-4)18(12-14)29-3/h5-12H,1-4H3,(H,24,25,26). The molecule has 0 bridgehead atoms. The third-order valence-corrected chi connectivity index (χ3v) is 5.75. The van der Waals surface area contributed by atoms with E-state index in [9.17, 15) is 4.79 Å². The number of carbonyl (C=O) groups excluding carboxylic acids is 1. The number of methoxy groups -OCH3 is 3. The van der Waals surface area contributed by atoms with Crippen LogP contribution in [-0.2, 0) is 0 Å². The lowest BCUT2D eigenvalue weighted by molar-refractivity contribution is 0.103. The Labute approximate surface area is 183 Å². The van der Waals surface area contributed by atoms with Crippen molar-refractivity contribution in [1.29, 1.82) is 0 Å². The van der Waals surface area contributed by atoms with Gasteiger partial charge in [0.2, 0.25) is 17.5 Å². The fourth-order valence-corrected chi connectivity index (χ4v) is 4.07. The Hall–Kier alpha value is -3.65. The first-order valence-electron chi connectivity index (χ1n) is 9.48. The molecule has 0 fully saturated rings. The molecule has 0 saturated carbocycles. The number of nitrogens with one attached hydrogen (secondary N) is 1. The number of benzene rings is 2. The summed E-state index contributed by atoms with van der Waals surface area (Å²) in [7, 11) is 4.54. The second-order valence-electron chi connectivity index (χ2n) is 6.71. The summed E-state index contributed by atoms with van der Waals surface area (Å²) >= 11 is 1.42. The number of anilines is 2. The van der Waals surface area contributed by atoms with E-state index in [2.05, 4.69) is 15.3 Å². The van der Waals surface area contributed by atoms with Crippen LogP contribution in [0.5, 0.6) is 17.2 Å². The number of nitrogens with zero attached hydrogens (tertiary/aromatic N) is 2. The summed E-state index contributed by atoms with van der Waals surface area (Å²) in [6, 6.07) is 12.9. The highest BCUT2D eigenvalue weighted by atomic mass is 32.1. The second kappa shape index (κ2) is 8.61. The first-order valence-corrected chi connectivity index (χ1v) is 10.4. The van der Waals surface area contributed by atoms with E-state index in [0.29, 0.717) is 44.7 Å².